The second-order valence-electron chi connectivity index (χ2n) is 7.37. The Balaban J connectivity index is 1.89. The second-order valence-corrected chi connectivity index (χ2v) is 8.14. The maximum Gasteiger partial charge on any atom is 0.262 e. The third kappa shape index (κ3) is 4.14. The summed E-state index contributed by atoms with van der Waals surface area (Å²) in [5.41, 5.74) is 11.8. The van der Waals surface area contributed by atoms with Gasteiger partial charge >= 0.3 is 0 Å². The van der Waals surface area contributed by atoms with E-state index in [1.807, 2.05) is 6.07 Å². The van der Waals surface area contributed by atoms with Crippen LogP contribution in [-0.2, 0) is 6.54 Å². The van der Waals surface area contributed by atoms with Crippen LogP contribution in [-0.4, -0.2) is 26.1 Å². The molecule has 0 amide bonds. The molecule has 9 nitrogen and oxygen atoms in total. The number of fused-ring (bicyclic) bond motifs is 1. The van der Waals surface area contributed by atoms with Crippen LogP contribution >= 0.6 is 23.2 Å². The quantitative estimate of drug-likeness (QED) is 0.457. The molecule has 11 heteroatoms. The van der Waals surface area contributed by atoms with Crippen molar-refractivity contribution in [3.63, 3.8) is 0 Å². The van der Waals surface area contributed by atoms with Crippen molar-refractivity contribution in [1.29, 1.82) is 5.26 Å². The van der Waals surface area contributed by atoms with Gasteiger partial charge in [-0.15, -0.1) is 0 Å². The maximum atomic E-state index is 13.4. The fraction of sp³-hybridized carbons (Fsp3) is 0.350. The van der Waals surface area contributed by atoms with E-state index in [1.54, 1.807) is 22.8 Å². The SMILES string of the molecule is N#Cc1c(Cl)nc(N)nc1N[C@H](c1nc2cccc(Cl)c2c(=O)n1CCCN)C1CC1. The van der Waals surface area contributed by atoms with Crippen molar-refractivity contribution >= 4 is 45.9 Å². The van der Waals surface area contributed by atoms with Crippen molar-refractivity contribution in [3.8, 4) is 6.07 Å². The number of nitriles is 1. The van der Waals surface area contributed by atoms with E-state index < -0.39 is 0 Å². The number of hydrogen-bond acceptors (Lipinski definition) is 8. The molecule has 0 aliphatic heterocycles. The minimum Gasteiger partial charge on any atom is -0.368 e. The Kier molecular flexibility index (Phi) is 5.96. The predicted octanol–water partition coefficient (Wildman–Crippen LogP) is 2.86. The molecule has 2 aromatic heterocycles. The smallest absolute Gasteiger partial charge is 0.262 e. The lowest BCUT2D eigenvalue weighted by Crippen LogP contribution is -2.31. The highest BCUT2D eigenvalue weighted by molar-refractivity contribution is 6.35. The van der Waals surface area contributed by atoms with Gasteiger partial charge in [-0.1, -0.05) is 29.3 Å². The van der Waals surface area contributed by atoms with Crippen LogP contribution in [0.3, 0.4) is 0 Å². The molecule has 5 N–H and O–H groups in total. The van der Waals surface area contributed by atoms with E-state index in [0.29, 0.717) is 41.3 Å². The van der Waals surface area contributed by atoms with E-state index in [-0.39, 0.29) is 40.0 Å². The number of halogens is 2. The molecule has 31 heavy (non-hydrogen) atoms. The molecule has 1 fully saturated rings. The molecule has 0 unspecified atom stereocenters. The first kappa shape index (κ1) is 21.3. The largest absolute Gasteiger partial charge is 0.368 e. The van der Waals surface area contributed by atoms with Gasteiger partial charge in [-0.25, -0.2) is 4.98 Å². The van der Waals surface area contributed by atoms with Gasteiger partial charge in [-0.05, 0) is 43.9 Å². The van der Waals surface area contributed by atoms with Crippen molar-refractivity contribution in [3.05, 3.63) is 50.1 Å². The lowest BCUT2D eigenvalue weighted by Gasteiger charge is -2.23. The molecule has 1 saturated carbocycles. The van der Waals surface area contributed by atoms with Crippen LogP contribution in [0.15, 0.2) is 23.0 Å². The first-order valence-electron chi connectivity index (χ1n) is 9.83. The molecule has 4 rings (SSSR count). The van der Waals surface area contributed by atoms with Crippen LogP contribution in [0.1, 0.15) is 36.7 Å². The van der Waals surface area contributed by atoms with Gasteiger partial charge in [0.2, 0.25) is 5.95 Å². The van der Waals surface area contributed by atoms with Crippen LogP contribution in [0.2, 0.25) is 10.2 Å². The Morgan fingerprint density at radius 3 is 2.74 bits per heavy atom. The Morgan fingerprint density at radius 2 is 2.06 bits per heavy atom. The second kappa shape index (κ2) is 8.67. The summed E-state index contributed by atoms with van der Waals surface area (Å²) in [4.78, 5) is 26.2. The average Bonchev–Trinajstić information content (AvgIpc) is 3.56. The number of rotatable bonds is 7. The standard InChI is InChI=1S/C20H20Cl2N8O/c21-12-3-1-4-13-14(12)19(31)30(8-2-7-23)18(26-13)15(10-5-6-10)27-17-11(9-24)16(22)28-20(25)29-17/h1,3-4,10,15H,2,5-8,23H2,(H3,25,27,28,29)/t15-/m0/s1. The van der Waals surface area contributed by atoms with Crippen molar-refractivity contribution in [2.45, 2.75) is 31.8 Å². The average molecular weight is 459 g/mol. The summed E-state index contributed by atoms with van der Waals surface area (Å²) in [7, 11) is 0. The monoisotopic (exact) mass is 458 g/mol. The zero-order chi connectivity index (χ0) is 22.1. The van der Waals surface area contributed by atoms with E-state index >= 15 is 0 Å². The third-order valence-corrected chi connectivity index (χ3v) is 5.79. The van der Waals surface area contributed by atoms with E-state index in [9.17, 15) is 10.1 Å². The highest BCUT2D eigenvalue weighted by atomic mass is 35.5. The topological polar surface area (TPSA) is 149 Å². The molecule has 3 aromatic rings. The Labute approximate surface area is 188 Å². The number of nitrogens with zero attached hydrogens (tertiary/aromatic N) is 5. The number of hydrogen-bond donors (Lipinski definition) is 3. The summed E-state index contributed by atoms with van der Waals surface area (Å²) in [6.45, 7) is 0.812. The Morgan fingerprint density at radius 1 is 1.29 bits per heavy atom. The highest BCUT2D eigenvalue weighted by Crippen LogP contribution is 2.43. The lowest BCUT2D eigenvalue weighted by molar-refractivity contribution is 0.530. The van der Waals surface area contributed by atoms with Crippen LogP contribution < -0.4 is 22.3 Å². The summed E-state index contributed by atoms with van der Waals surface area (Å²) >= 11 is 12.4. The summed E-state index contributed by atoms with van der Waals surface area (Å²) in [6.07, 6.45) is 2.47. The van der Waals surface area contributed by atoms with Gasteiger partial charge in [0.1, 0.15) is 17.5 Å². The number of benzene rings is 1. The van der Waals surface area contributed by atoms with E-state index in [4.69, 9.17) is 39.7 Å². The molecule has 0 saturated heterocycles. The van der Waals surface area contributed by atoms with E-state index in [2.05, 4.69) is 15.3 Å². The van der Waals surface area contributed by atoms with Crippen molar-refractivity contribution in [2.75, 3.05) is 17.6 Å². The number of nitrogens with one attached hydrogen (secondary N) is 1. The fourth-order valence-electron chi connectivity index (χ4n) is 3.57. The van der Waals surface area contributed by atoms with E-state index in [0.717, 1.165) is 12.8 Å². The number of nitrogen functional groups attached to an aromatic ring is 1. The summed E-state index contributed by atoms with van der Waals surface area (Å²) in [5.74, 6) is 0.893. The molecule has 1 aliphatic rings. The van der Waals surface area contributed by atoms with Gasteiger partial charge in [0.05, 0.1) is 22.0 Å². The first-order valence-corrected chi connectivity index (χ1v) is 10.6. The maximum absolute atomic E-state index is 13.4. The molecule has 0 bridgehead atoms. The van der Waals surface area contributed by atoms with Gasteiger partial charge in [0, 0.05) is 6.54 Å². The minimum absolute atomic E-state index is 0.0363. The number of nitrogens with two attached hydrogens (primary N) is 2. The molecule has 1 aromatic carbocycles. The Hall–Kier alpha value is -2.93. The van der Waals surface area contributed by atoms with Crippen LogP contribution in [0, 0.1) is 17.2 Å². The van der Waals surface area contributed by atoms with Gasteiger partial charge in [-0.3, -0.25) is 9.36 Å². The van der Waals surface area contributed by atoms with Crippen LogP contribution in [0.25, 0.3) is 10.9 Å². The van der Waals surface area contributed by atoms with Crippen molar-refractivity contribution < 1.29 is 0 Å². The predicted molar refractivity (Wildman–Crippen MR) is 120 cm³/mol. The Bertz CT molecular complexity index is 1250. The van der Waals surface area contributed by atoms with Gasteiger partial charge < -0.3 is 16.8 Å². The van der Waals surface area contributed by atoms with Crippen LogP contribution in [0.4, 0.5) is 11.8 Å². The molecule has 1 atom stereocenters. The summed E-state index contributed by atoms with van der Waals surface area (Å²) in [5, 5.41) is 13.5. The lowest BCUT2D eigenvalue weighted by atomic mass is 10.1. The molecular weight excluding hydrogens is 439 g/mol. The highest BCUT2D eigenvalue weighted by Gasteiger charge is 2.36. The van der Waals surface area contributed by atoms with E-state index in [1.165, 1.54) is 0 Å². The molecule has 160 valence electrons. The normalized spacial score (nSPS) is 14.4. The minimum atomic E-state index is -0.383. The fourth-order valence-corrected chi connectivity index (χ4v) is 4.04. The molecule has 0 radical (unpaired) electrons. The molecular formula is C20H20Cl2N8O. The number of aromatic nitrogens is 4. The van der Waals surface area contributed by atoms with Crippen molar-refractivity contribution in [2.24, 2.45) is 11.7 Å². The zero-order valence-electron chi connectivity index (χ0n) is 16.5. The zero-order valence-corrected chi connectivity index (χ0v) is 18.0. The summed E-state index contributed by atoms with van der Waals surface area (Å²) in [6, 6.07) is 6.80. The van der Waals surface area contributed by atoms with Crippen LogP contribution in [0.5, 0.6) is 0 Å². The summed E-state index contributed by atoms with van der Waals surface area (Å²) < 4.78 is 1.61. The van der Waals surface area contributed by atoms with Gasteiger partial charge in [-0.2, -0.15) is 15.2 Å². The van der Waals surface area contributed by atoms with Gasteiger partial charge in [0.25, 0.3) is 5.56 Å². The first-order chi connectivity index (χ1) is 14.9. The van der Waals surface area contributed by atoms with Gasteiger partial charge in [0.15, 0.2) is 11.0 Å². The molecule has 1 aliphatic carbocycles. The molecule has 0 spiro atoms. The molecule has 2 heterocycles. The third-order valence-electron chi connectivity index (χ3n) is 5.21. The van der Waals surface area contributed by atoms with Crippen molar-refractivity contribution in [1.82, 2.24) is 19.5 Å². The number of anilines is 2.